The zero-order valence-electron chi connectivity index (χ0n) is 14.5. The van der Waals surface area contributed by atoms with Crippen LogP contribution in [0.15, 0.2) is 30.5 Å². The summed E-state index contributed by atoms with van der Waals surface area (Å²) < 4.78 is 41.9. The van der Waals surface area contributed by atoms with E-state index in [-0.39, 0.29) is 18.7 Å². The van der Waals surface area contributed by atoms with Gasteiger partial charge in [-0.05, 0) is 31.9 Å². The van der Waals surface area contributed by atoms with Gasteiger partial charge in [-0.15, -0.1) is 0 Å². The number of likely N-dealkylation sites (tertiary alicyclic amines) is 1. The fourth-order valence-corrected chi connectivity index (χ4v) is 3.33. The zero-order chi connectivity index (χ0) is 19.8. The molecule has 0 aliphatic carbocycles. The molecule has 1 N–H and O–H groups in total. The van der Waals surface area contributed by atoms with E-state index in [4.69, 9.17) is 5.11 Å². The van der Waals surface area contributed by atoms with Crippen LogP contribution in [0.5, 0.6) is 0 Å². The minimum absolute atomic E-state index is 0.190. The smallest absolute Gasteiger partial charge is 0.434 e. The molecule has 1 saturated heterocycles. The topological polar surface area (TPSA) is 75.4 Å². The first-order valence-electron chi connectivity index (χ1n) is 8.43. The fraction of sp³-hybridized carbons (Fsp3) is 0.389. The van der Waals surface area contributed by atoms with E-state index in [1.807, 2.05) is 6.92 Å². The van der Waals surface area contributed by atoms with Crippen LogP contribution >= 0.6 is 0 Å². The molecule has 27 heavy (non-hydrogen) atoms. The van der Waals surface area contributed by atoms with Gasteiger partial charge in [-0.25, -0.2) is 4.68 Å². The van der Waals surface area contributed by atoms with Crippen molar-refractivity contribution in [3.63, 3.8) is 0 Å². The van der Waals surface area contributed by atoms with Gasteiger partial charge in [0.25, 0.3) is 5.91 Å². The molecule has 0 bridgehead atoms. The first-order valence-corrected chi connectivity index (χ1v) is 8.43. The maximum absolute atomic E-state index is 13.7. The van der Waals surface area contributed by atoms with Crippen molar-refractivity contribution in [3.05, 3.63) is 47.3 Å². The number of aryl methyl sites for hydroxylation is 1. The first-order chi connectivity index (χ1) is 12.7. The quantitative estimate of drug-likeness (QED) is 0.882. The van der Waals surface area contributed by atoms with Gasteiger partial charge in [-0.1, -0.05) is 17.7 Å². The minimum atomic E-state index is -4.80. The zero-order valence-corrected chi connectivity index (χ0v) is 14.5. The minimum Gasteiger partial charge on any atom is -0.481 e. The van der Waals surface area contributed by atoms with Crippen molar-refractivity contribution in [3.8, 4) is 5.69 Å². The van der Waals surface area contributed by atoms with Crippen molar-refractivity contribution in [2.75, 3.05) is 6.54 Å². The van der Waals surface area contributed by atoms with Gasteiger partial charge in [0, 0.05) is 12.6 Å². The molecule has 1 atom stereocenters. The van der Waals surface area contributed by atoms with Gasteiger partial charge in [-0.2, -0.15) is 18.3 Å². The Morgan fingerprint density at radius 1 is 1.26 bits per heavy atom. The van der Waals surface area contributed by atoms with Gasteiger partial charge in [0.15, 0.2) is 5.69 Å². The third-order valence-corrected chi connectivity index (χ3v) is 4.59. The van der Waals surface area contributed by atoms with Gasteiger partial charge >= 0.3 is 12.1 Å². The van der Waals surface area contributed by atoms with E-state index in [2.05, 4.69) is 5.10 Å². The molecule has 1 aromatic carbocycles. The number of aliphatic carboxylic acids is 1. The predicted octanol–water partition coefficient (Wildman–Crippen LogP) is 3.28. The highest BCUT2D eigenvalue weighted by molar-refractivity contribution is 5.96. The number of rotatable bonds is 4. The van der Waals surface area contributed by atoms with Gasteiger partial charge in [0.2, 0.25) is 0 Å². The Balaban J connectivity index is 2.02. The molecular weight excluding hydrogens is 363 g/mol. The molecule has 1 aliphatic heterocycles. The molecule has 144 valence electrons. The highest BCUT2D eigenvalue weighted by Crippen LogP contribution is 2.35. The van der Waals surface area contributed by atoms with Crippen molar-refractivity contribution >= 4 is 11.9 Å². The molecule has 0 saturated carbocycles. The summed E-state index contributed by atoms with van der Waals surface area (Å²) in [7, 11) is 0. The number of hydrogen-bond donors (Lipinski definition) is 1. The number of carboxylic acid groups (broad SMARTS) is 1. The number of carbonyl (C=O) groups excluding carboxylic acids is 1. The van der Waals surface area contributed by atoms with Crippen LogP contribution in [0.1, 0.15) is 40.9 Å². The van der Waals surface area contributed by atoms with Gasteiger partial charge in [-0.3, -0.25) is 9.59 Å². The Labute approximate surface area is 153 Å². The monoisotopic (exact) mass is 381 g/mol. The third-order valence-electron chi connectivity index (χ3n) is 4.59. The number of carbonyl (C=O) groups is 2. The summed E-state index contributed by atoms with van der Waals surface area (Å²) in [5.74, 6) is -1.93. The van der Waals surface area contributed by atoms with E-state index in [1.165, 1.54) is 17.0 Å². The van der Waals surface area contributed by atoms with Crippen LogP contribution in [-0.4, -0.2) is 44.3 Å². The number of amides is 1. The summed E-state index contributed by atoms with van der Waals surface area (Å²) in [6.07, 6.45) is -3.18. The average molecular weight is 381 g/mol. The standard InChI is InChI=1S/C18H18F3N3O3/c1-11-4-6-12(7-5-11)24-16(18(19,20)21)14(10-22-24)17(27)23-8-2-3-13(23)9-15(25)26/h4-7,10,13H,2-3,8-9H2,1H3,(H,25,26). The second kappa shape index (κ2) is 7.05. The van der Waals surface area contributed by atoms with Crippen LogP contribution in [0.3, 0.4) is 0 Å². The van der Waals surface area contributed by atoms with Crippen LogP contribution in [-0.2, 0) is 11.0 Å². The highest BCUT2D eigenvalue weighted by Gasteiger charge is 2.43. The fourth-order valence-electron chi connectivity index (χ4n) is 3.33. The number of benzene rings is 1. The molecule has 9 heteroatoms. The van der Waals surface area contributed by atoms with E-state index >= 15 is 0 Å². The van der Waals surface area contributed by atoms with Gasteiger partial charge < -0.3 is 10.0 Å². The van der Waals surface area contributed by atoms with Crippen LogP contribution in [0.2, 0.25) is 0 Å². The van der Waals surface area contributed by atoms with Crippen molar-refractivity contribution < 1.29 is 27.9 Å². The Kier molecular flexibility index (Phi) is 4.95. The lowest BCUT2D eigenvalue weighted by atomic mass is 10.1. The summed E-state index contributed by atoms with van der Waals surface area (Å²) in [4.78, 5) is 25.0. The lowest BCUT2D eigenvalue weighted by Crippen LogP contribution is -2.37. The van der Waals surface area contributed by atoms with Crippen LogP contribution in [0, 0.1) is 6.92 Å². The molecule has 6 nitrogen and oxygen atoms in total. The maximum atomic E-state index is 13.7. The molecule has 1 amide bonds. The first kappa shape index (κ1) is 18.9. The summed E-state index contributed by atoms with van der Waals surface area (Å²) in [6, 6.07) is 5.69. The molecule has 1 aliphatic rings. The van der Waals surface area contributed by atoms with Crippen molar-refractivity contribution in [1.82, 2.24) is 14.7 Å². The normalized spacial score (nSPS) is 17.3. The van der Waals surface area contributed by atoms with Crippen LogP contribution < -0.4 is 0 Å². The number of carboxylic acids is 1. The molecule has 1 unspecified atom stereocenters. The SMILES string of the molecule is Cc1ccc(-n2ncc(C(=O)N3CCCC3CC(=O)O)c2C(F)(F)F)cc1. The predicted molar refractivity (Wildman–Crippen MR) is 89.6 cm³/mol. The number of halogens is 3. The van der Waals surface area contributed by atoms with Crippen molar-refractivity contribution in [2.24, 2.45) is 0 Å². The molecule has 2 heterocycles. The Hall–Kier alpha value is -2.84. The summed E-state index contributed by atoms with van der Waals surface area (Å²) in [5, 5.41) is 12.8. The molecule has 0 spiro atoms. The lowest BCUT2D eigenvalue weighted by molar-refractivity contribution is -0.143. The second-order valence-corrected chi connectivity index (χ2v) is 6.54. The molecule has 0 radical (unpaired) electrons. The van der Waals surface area contributed by atoms with Crippen LogP contribution in [0.25, 0.3) is 5.69 Å². The van der Waals surface area contributed by atoms with Crippen LogP contribution in [0.4, 0.5) is 13.2 Å². The number of alkyl halides is 3. The molecule has 1 aromatic heterocycles. The number of nitrogens with zero attached hydrogens (tertiary/aromatic N) is 3. The average Bonchev–Trinajstić information content (AvgIpc) is 3.21. The maximum Gasteiger partial charge on any atom is 0.434 e. The molecular formula is C18H18F3N3O3. The Morgan fingerprint density at radius 2 is 1.93 bits per heavy atom. The third kappa shape index (κ3) is 3.81. The van der Waals surface area contributed by atoms with E-state index in [9.17, 15) is 22.8 Å². The lowest BCUT2D eigenvalue weighted by Gasteiger charge is -2.24. The summed E-state index contributed by atoms with van der Waals surface area (Å²) >= 11 is 0. The highest BCUT2D eigenvalue weighted by atomic mass is 19.4. The van der Waals surface area contributed by atoms with E-state index < -0.39 is 35.4 Å². The van der Waals surface area contributed by atoms with Gasteiger partial charge in [0.1, 0.15) is 0 Å². The molecule has 3 rings (SSSR count). The summed E-state index contributed by atoms with van der Waals surface area (Å²) in [5.41, 5.74) is -0.655. The number of hydrogen-bond acceptors (Lipinski definition) is 3. The van der Waals surface area contributed by atoms with E-state index in [0.29, 0.717) is 17.5 Å². The Bertz CT molecular complexity index is 859. The van der Waals surface area contributed by atoms with Gasteiger partial charge in [0.05, 0.1) is 23.9 Å². The van der Waals surface area contributed by atoms with Crippen molar-refractivity contribution in [2.45, 2.75) is 38.4 Å². The molecule has 2 aromatic rings. The largest absolute Gasteiger partial charge is 0.481 e. The van der Waals surface area contributed by atoms with E-state index in [0.717, 1.165) is 11.8 Å². The second-order valence-electron chi connectivity index (χ2n) is 6.54. The summed E-state index contributed by atoms with van der Waals surface area (Å²) in [6.45, 7) is 2.03. The number of aromatic nitrogens is 2. The van der Waals surface area contributed by atoms with Crippen molar-refractivity contribution in [1.29, 1.82) is 0 Å². The Morgan fingerprint density at radius 3 is 2.52 bits per heavy atom. The molecule has 1 fully saturated rings. The van der Waals surface area contributed by atoms with E-state index in [1.54, 1.807) is 12.1 Å².